The standard InChI is InChI=1S/C19H19N3O2S/c1-14-5-2-3-6-15(14)13-18(23)20-10-11-22-19(24)9-8-16(21-22)17-7-4-12-25-17/h2-9,12H,10-11,13H2,1H3,(H,20,23). The van der Waals surface area contributed by atoms with Gasteiger partial charge in [0.05, 0.1) is 17.8 Å². The minimum atomic E-state index is -0.173. The third-order valence-corrected chi connectivity index (χ3v) is 4.79. The molecule has 5 nitrogen and oxygen atoms in total. The van der Waals surface area contributed by atoms with Crippen LogP contribution in [0, 0.1) is 6.92 Å². The maximum absolute atomic E-state index is 12.1. The largest absolute Gasteiger partial charge is 0.354 e. The molecular weight excluding hydrogens is 334 g/mol. The minimum Gasteiger partial charge on any atom is -0.354 e. The molecule has 0 aliphatic heterocycles. The number of aromatic nitrogens is 2. The third-order valence-electron chi connectivity index (χ3n) is 3.90. The SMILES string of the molecule is Cc1ccccc1CC(=O)NCCn1nc(-c2cccs2)ccc1=O. The number of benzene rings is 1. The van der Waals surface area contributed by atoms with E-state index in [1.807, 2.05) is 48.7 Å². The Hall–Kier alpha value is -2.73. The molecule has 6 heteroatoms. The van der Waals surface area contributed by atoms with Crippen LogP contribution >= 0.6 is 11.3 Å². The number of nitrogens with one attached hydrogen (secondary N) is 1. The van der Waals surface area contributed by atoms with Gasteiger partial charge in [0, 0.05) is 12.6 Å². The highest BCUT2D eigenvalue weighted by Crippen LogP contribution is 2.20. The number of amides is 1. The molecule has 128 valence electrons. The Balaban J connectivity index is 1.58. The Labute approximate surface area is 150 Å². The van der Waals surface area contributed by atoms with E-state index in [1.54, 1.807) is 17.4 Å². The van der Waals surface area contributed by atoms with E-state index in [1.165, 1.54) is 10.7 Å². The van der Waals surface area contributed by atoms with Gasteiger partial charge in [-0.2, -0.15) is 5.10 Å². The van der Waals surface area contributed by atoms with Gasteiger partial charge in [0.2, 0.25) is 5.91 Å². The Bertz CT molecular complexity index is 916. The molecule has 0 saturated heterocycles. The topological polar surface area (TPSA) is 64.0 Å². The summed E-state index contributed by atoms with van der Waals surface area (Å²) in [6.07, 6.45) is 0.338. The van der Waals surface area contributed by atoms with E-state index in [0.29, 0.717) is 19.5 Å². The lowest BCUT2D eigenvalue weighted by Gasteiger charge is -2.09. The van der Waals surface area contributed by atoms with Crippen molar-refractivity contribution in [2.45, 2.75) is 19.9 Å². The van der Waals surface area contributed by atoms with E-state index in [4.69, 9.17) is 0 Å². The lowest BCUT2D eigenvalue weighted by atomic mass is 10.1. The Kier molecular flexibility index (Phi) is 5.40. The van der Waals surface area contributed by atoms with Crippen LogP contribution in [0.4, 0.5) is 0 Å². The van der Waals surface area contributed by atoms with Gasteiger partial charge >= 0.3 is 0 Å². The quantitative estimate of drug-likeness (QED) is 0.741. The maximum Gasteiger partial charge on any atom is 0.266 e. The first-order valence-corrected chi connectivity index (χ1v) is 8.95. The van der Waals surface area contributed by atoms with E-state index in [-0.39, 0.29) is 11.5 Å². The molecule has 1 aromatic carbocycles. The van der Waals surface area contributed by atoms with Crippen molar-refractivity contribution in [1.29, 1.82) is 0 Å². The molecule has 3 aromatic rings. The number of aryl methyl sites for hydroxylation is 1. The molecule has 0 fully saturated rings. The molecule has 0 aliphatic carbocycles. The molecule has 2 heterocycles. The van der Waals surface area contributed by atoms with Crippen LogP contribution in [-0.2, 0) is 17.8 Å². The third kappa shape index (κ3) is 4.42. The fraction of sp³-hybridized carbons (Fsp3) is 0.211. The molecule has 1 amide bonds. The van der Waals surface area contributed by atoms with E-state index < -0.39 is 0 Å². The first-order valence-electron chi connectivity index (χ1n) is 8.07. The van der Waals surface area contributed by atoms with Crippen LogP contribution < -0.4 is 10.9 Å². The Morgan fingerprint density at radius 1 is 1.16 bits per heavy atom. The zero-order valence-electron chi connectivity index (χ0n) is 13.9. The lowest BCUT2D eigenvalue weighted by Crippen LogP contribution is -2.32. The second-order valence-electron chi connectivity index (χ2n) is 5.71. The van der Waals surface area contributed by atoms with Crippen molar-refractivity contribution in [3.05, 3.63) is 75.4 Å². The predicted molar refractivity (Wildman–Crippen MR) is 99.7 cm³/mol. The van der Waals surface area contributed by atoms with Crippen molar-refractivity contribution >= 4 is 17.2 Å². The van der Waals surface area contributed by atoms with Crippen molar-refractivity contribution in [3.63, 3.8) is 0 Å². The maximum atomic E-state index is 12.1. The van der Waals surface area contributed by atoms with E-state index in [0.717, 1.165) is 21.7 Å². The van der Waals surface area contributed by atoms with Crippen LogP contribution in [0.15, 0.2) is 58.7 Å². The van der Waals surface area contributed by atoms with Crippen molar-refractivity contribution in [3.8, 4) is 10.6 Å². The van der Waals surface area contributed by atoms with Crippen LogP contribution in [0.1, 0.15) is 11.1 Å². The second-order valence-corrected chi connectivity index (χ2v) is 6.66. The van der Waals surface area contributed by atoms with E-state index in [9.17, 15) is 9.59 Å². The van der Waals surface area contributed by atoms with Crippen molar-refractivity contribution in [2.24, 2.45) is 0 Å². The number of carbonyl (C=O) groups is 1. The fourth-order valence-corrected chi connectivity index (χ4v) is 3.20. The van der Waals surface area contributed by atoms with Gasteiger partial charge in [-0.05, 0) is 35.6 Å². The molecule has 0 unspecified atom stereocenters. The second kappa shape index (κ2) is 7.90. The van der Waals surface area contributed by atoms with Gasteiger partial charge in [0.1, 0.15) is 5.69 Å². The zero-order chi connectivity index (χ0) is 17.6. The number of hydrogen-bond acceptors (Lipinski definition) is 4. The first kappa shape index (κ1) is 17.1. The summed E-state index contributed by atoms with van der Waals surface area (Å²) < 4.78 is 1.39. The highest BCUT2D eigenvalue weighted by atomic mass is 32.1. The van der Waals surface area contributed by atoms with Gasteiger partial charge in [0.25, 0.3) is 5.56 Å². The number of nitrogens with zero attached hydrogens (tertiary/aromatic N) is 2. The first-order chi connectivity index (χ1) is 12.1. The summed E-state index contributed by atoms with van der Waals surface area (Å²) >= 11 is 1.57. The molecule has 0 aliphatic rings. The average molecular weight is 353 g/mol. The Morgan fingerprint density at radius 2 is 2.00 bits per heavy atom. The minimum absolute atomic E-state index is 0.0586. The summed E-state index contributed by atoms with van der Waals surface area (Å²) in [5.41, 5.74) is 2.70. The van der Waals surface area contributed by atoms with Crippen LogP contribution in [-0.4, -0.2) is 22.2 Å². The van der Waals surface area contributed by atoms with Crippen LogP contribution in [0.25, 0.3) is 10.6 Å². The number of thiophene rings is 1. The average Bonchev–Trinajstić information content (AvgIpc) is 3.13. The van der Waals surface area contributed by atoms with Crippen LogP contribution in [0.5, 0.6) is 0 Å². The molecule has 0 bridgehead atoms. The van der Waals surface area contributed by atoms with Crippen molar-refractivity contribution in [1.82, 2.24) is 15.1 Å². The van der Waals surface area contributed by atoms with Crippen molar-refractivity contribution in [2.75, 3.05) is 6.54 Å². The highest BCUT2D eigenvalue weighted by Gasteiger charge is 2.07. The molecule has 25 heavy (non-hydrogen) atoms. The van der Waals surface area contributed by atoms with Crippen LogP contribution in [0.2, 0.25) is 0 Å². The Morgan fingerprint density at radius 3 is 2.76 bits per heavy atom. The van der Waals surface area contributed by atoms with Gasteiger partial charge in [-0.25, -0.2) is 4.68 Å². The normalized spacial score (nSPS) is 10.6. The summed E-state index contributed by atoms with van der Waals surface area (Å²) in [6, 6.07) is 15.0. The predicted octanol–water partition coefficient (Wildman–Crippen LogP) is 2.64. The molecule has 0 radical (unpaired) electrons. The summed E-state index contributed by atoms with van der Waals surface area (Å²) in [4.78, 5) is 25.0. The highest BCUT2D eigenvalue weighted by molar-refractivity contribution is 7.13. The molecule has 2 aromatic heterocycles. The fourth-order valence-electron chi connectivity index (χ4n) is 2.51. The monoisotopic (exact) mass is 353 g/mol. The molecule has 0 saturated carbocycles. The lowest BCUT2D eigenvalue weighted by molar-refractivity contribution is -0.120. The molecule has 0 atom stereocenters. The molecule has 1 N–H and O–H groups in total. The number of hydrogen-bond donors (Lipinski definition) is 1. The molecule has 0 spiro atoms. The zero-order valence-corrected chi connectivity index (χ0v) is 14.8. The summed E-state index contributed by atoms with van der Waals surface area (Å²) in [5.74, 6) is -0.0586. The number of carbonyl (C=O) groups excluding carboxylic acids is 1. The van der Waals surface area contributed by atoms with Gasteiger partial charge in [-0.1, -0.05) is 30.3 Å². The van der Waals surface area contributed by atoms with Gasteiger partial charge in [-0.15, -0.1) is 11.3 Å². The van der Waals surface area contributed by atoms with Gasteiger partial charge < -0.3 is 5.32 Å². The van der Waals surface area contributed by atoms with Crippen LogP contribution in [0.3, 0.4) is 0 Å². The van der Waals surface area contributed by atoms with Gasteiger partial charge in [0.15, 0.2) is 0 Å². The van der Waals surface area contributed by atoms with E-state index >= 15 is 0 Å². The van der Waals surface area contributed by atoms with Gasteiger partial charge in [-0.3, -0.25) is 9.59 Å². The summed E-state index contributed by atoms with van der Waals surface area (Å²) in [5, 5.41) is 9.20. The number of rotatable bonds is 6. The summed E-state index contributed by atoms with van der Waals surface area (Å²) in [6.45, 7) is 2.70. The summed E-state index contributed by atoms with van der Waals surface area (Å²) in [7, 11) is 0. The van der Waals surface area contributed by atoms with E-state index in [2.05, 4.69) is 10.4 Å². The van der Waals surface area contributed by atoms with Crippen molar-refractivity contribution < 1.29 is 4.79 Å². The smallest absolute Gasteiger partial charge is 0.266 e. The molecular formula is C19H19N3O2S. The molecule has 3 rings (SSSR count).